The van der Waals surface area contributed by atoms with Crippen LogP contribution in [0.1, 0.15) is 16.6 Å². The lowest BCUT2D eigenvalue weighted by atomic mass is 10.2. The SMILES string of the molecule is Clc1ccc(C2SCCCS2)cc1Cl. The smallest absolute Gasteiger partial charge is 0.0751 e. The highest BCUT2D eigenvalue weighted by Gasteiger charge is 2.17. The summed E-state index contributed by atoms with van der Waals surface area (Å²) in [7, 11) is 0. The van der Waals surface area contributed by atoms with Crippen molar-refractivity contribution in [2.75, 3.05) is 11.5 Å². The summed E-state index contributed by atoms with van der Waals surface area (Å²) < 4.78 is 0.540. The van der Waals surface area contributed by atoms with Crippen LogP contribution in [0.2, 0.25) is 10.0 Å². The van der Waals surface area contributed by atoms with Gasteiger partial charge in [0.15, 0.2) is 0 Å². The predicted octanol–water partition coefficient (Wildman–Crippen LogP) is 4.86. The molecule has 0 amide bonds. The topological polar surface area (TPSA) is 0 Å². The minimum atomic E-state index is 0.540. The van der Waals surface area contributed by atoms with Gasteiger partial charge in [0.2, 0.25) is 0 Å². The monoisotopic (exact) mass is 264 g/mol. The number of hydrogen-bond acceptors (Lipinski definition) is 2. The summed E-state index contributed by atoms with van der Waals surface area (Å²) in [5.41, 5.74) is 1.29. The summed E-state index contributed by atoms with van der Waals surface area (Å²) >= 11 is 15.8. The molecular formula is C10H10Cl2S2. The summed E-state index contributed by atoms with van der Waals surface area (Å²) in [6.07, 6.45) is 1.31. The van der Waals surface area contributed by atoms with Gasteiger partial charge in [-0.2, -0.15) is 0 Å². The van der Waals surface area contributed by atoms with Crippen LogP contribution in [0.15, 0.2) is 18.2 Å². The normalized spacial score (nSPS) is 18.4. The number of rotatable bonds is 1. The van der Waals surface area contributed by atoms with Crippen molar-refractivity contribution in [2.24, 2.45) is 0 Å². The number of thioether (sulfide) groups is 2. The van der Waals surface area contributed by atoms with Crippen molar-refractivity contribution in [1.82, 2.24) is 0 Å². The van der Waals surface area contributed by atoms with Crippen LogP contribution in [0.5, 0.6) is 0 Å². The van der Waals surface area contributed by atoms with Gasteiger partial charge in [0, 0.05) is 0 Å². The third-order valence-corrected chi connectivity index (χ3v) is 5.80. The number of halogens is 2. The molecule has 0 spiro atoms. The summed E-state index contributed by atoms with van der Waals surface area (Å²) in [5.74, 6) is 2.50. The van der Waals surface area contributed by atoms with E-state index in [4.69, 9.17) is 23.2 Å². The van der Waals surface area contributed by atoms with E-state index in [-0.39, 0.29) is 0 Å². The summed E-state index contributed by atoms with van der Waals surface area (Å²) in [5, 5.41) is 1.30. The Bertz CT molecular complexity index is 322. The Morgan fingerprint density at radius 2 is 1.79 bits per heavy atom. The second kappa shape index (κ2) is 5.02. The molecule has 1 aliphatic rings. The van der Waals surface area contributed by atoms with Crippen LogP contribution < -0.4 is 0 Å². The van der Waals surface area contributed by atoms with Crippen molar-refractivity contribution in [1.29, 1.82) is 0 Å². The van der Waals surface area contributed by atoms with E-state index in [1.54, 1.807) is 0 Å². The molecule has 0 aliphatic carbocycles. The maximum Gasteiger partial charge on any atom is 0.0751 e. The lowest BCUT2D eigenvalue weighted by molar-refractivity contribution is 1.10. The van der Waals surface area contributed by atoms with Gasteiger partial charge in [0.25, 0.3) is 0 Å². The first-order chi connectivity index (χ1) is 6.77. The first kappa shape index (κ1) is 11.0. The molecule has 1 aromatic rings. The fourth-order valence-corrected chi connectivity index (χ4v) is 4.52. The second-order valence-electron chi connectivity index (χ2n) is 3.10. The Balaban J connectivity index is 2.18. The molecule has 0 bridgehead atoms. The van der Waals surface area contributed by atoms with Crippen LogP contribution in [0, 0.1) is 0 Å². The highest BCUT2D eigenvalue weighted by Crippen LogP contribution is 2.44. The van der Waals surface area contributed by atoms with E-state index in [1.165, 1.54) is 23.5 Å². The largest absolute Gasteiger partial charge is 0.143 e. The third kappa shape index (κ3) is 2.54. The Morgan fingerprint density at radius 3 is 2.43 bits per heavy atom. The lowest BCUT2D eigenvalue weighted by Crippen LogP contribution is -1.99. The van der Waals surface area contributed by atoms with Crippen molar-refractivity contribution in [3.63, 3.8) is 0 Å². The van der Waals surface area contributed by atoms with E-state index < -0.39 is 0 Å². The van der Waals surface area contributed by atoms with Crippen molar-refractivity contribution in [2.45, 2.75) is 11.0 Å². The molecule has 1 aliphatic heterocycles. The Hall–Kier alpha value is 0.500. The molecule has 4 heteroatoms. The molecule has 0 radical (unpaired) electrons. The molecule has 0 N–H and O–H groups in total. The van der Waals surface area contributed by atoms with Gasteiger partial charge >= 0.3 is 0 Å². The van der Waals surface area contributed by atoms with Crippen LogP contribution >= 0.6 is 46.7 Å². The molecule has 0 unspecified atom stereocenters. The van der Waals surface area contributed by atoms with Crippen LogP contribution in [0.4, 0.5) is 0 Å². The van der Waals surface area contributed by atoms with E-state index in [9.17, 15) is 0 Å². The van der Waals surface area contributed by atoms with E-state index in [2.05, 4.69) is 6.07 Å². The molecule has 0 atom stereocenters. The fraction of sp³-hybridized carbons (Fsp3) is 0.400. The minimum absolute atomic E-state index is 0.540. The molecule has 1 aromatic carbocycles. The molecule has 2 rings (SSSR count). The molecule has 1 heterocycles. The van der Waals surface area contributed by atoms with Gasteiger partial charge in [-0.05, 0) is 35.6 Å². The first-order valence-electron chi connectivity index (χ1n) is 4.45. The highest BCUT2D eigenvalue weighted by molar-refractivity contribution is 8.16. The maximum absolute atomic E-state index is 5.98. The van der Waals surface area contributed by atoms with Gasteiger partial charge in [-0.1, -0.05) is 29.3 Å². The van der Waals surface area contributed by atoms with Crippen LogP contribution in [-0.4, -0.2) is 11.5 Å². The van der Waals surface area contributed by atoms with Crippen molar-refractivity contribution in [3.05, 3.63) is 33.8 Å². The van der Waals surface area contributed by atoms with E-state index >= 15 is 0 Å². The Morgan fingerprint density at radius 1 is 1.07 bits per heavy atom. The molecule has 0 saturated carbocycles. The van der Waals surface area contributed by atoms with E-state index in [1.807, 2.05) is 35.7 Å². The Kier molecular flexibility index (Phi) is 3.94. The van der Waals surface area contributed by atoms with Gasteiger partial charge in [-0.3, -0.25) is 0 Å². The van der Waals surface area contributed by atoms with Gasteiger partial charge in [0.05, 0.1) is 14.6 Å². The van der Waals surface area contributed by atoms with Crippen LogP contribution in [0.25, 0.3) is 0 Å². The number of hydrogen-bond donors (Lipinski definition) is 0. The molecule has 76 valence electrons. The summed E-state index contributed by atoms with van der Waals surface area (Å²) in [6, 6.07) is 5.94. The van der Waals surface area contributed by atoms with Crippen molar-refractivity contribution >= 4 is 46.7 Å². The van der Waals surface area contributed by atoms with Gasteiger partial charge in [-0.25, -0.2) is 0 Å². The quantitative estimate of drug-likeness (QED) is 0.711. The number of benzene rings is 1. The third-order valence-electron chi connectivity index (χ3n) is 2.04. The summed E-state index contributed by atoms with van der Waals surface area (Å²) in [6.45, 7) is 0. The minimum Gasteiger partial charge on any atom is -0.143 e. The van der Waals surface area contributed by atoms with E-state index in [0.29, 0.717) is 14.6 Å². The lowest BCUT2D eigenvalue weighted by Gasteiger charge is -2.21. The maximum atomic E-state index is 5.98. The van der Waals surface area contributed by atoms with Gasteiger partial charge in [-0.15, -0.1) is 23.5 Å². The van der Waals surface area contributed by atoms with Crippen LogP contribution in [0.3, 0.4) is 0 Å². The molecule has 0 aromatic heterocycles. The first-order valence-corrected chi connectivity index (χ1v) is 7.31. The van der Waals surface area contributed by atoms with Gasteiger partial charge < -0.3 is 0 Å². The summed E-state index contributed by atoms with van der Waals surface area (Å²) in [4.78, 5) is 0. The Labute approximate surface area is 103 Å². The van der Waals surface area contributed by atoms with Crippen molar-refractivity contribution in [3.8, 4) is 0 Å². The molecule has 1 fully saturated rings. The average molecular weight is 265 g/mol. The zero-order chi connectivity index (χ0) is 9.97. The second-order valence-corrected chi connectivity index (χ2v) is 6.64. The fourth-order valence-electron chi connectivity index (χ4n) is 1.34. The highest BCUT2D eigenvalue weighted by atomic mass is 35.5. The zero-order valence-corrected chi connectivity index (χ0v) is 10.6. The van der Waals surface area contributed by atoms with Crippen LogP contribution in [-0.2, 0) is 0 Å². The standard InChI is InChI=1S/C10H10Cl2S2/c11-8-3-2-7(6-9(8)12)10-13-4-1-5-14-10/h2-3,6,10H,1,4-5H2. The average Bonchev–Trinajstić information content (AvgIpc) is 2.23. The van der Waals surface area contributed by atoms with E-state index in [0.717, 1.165) is 0 Å². The molecule has 0 nitrogen and oxygen atoms in total. The van der Waals surface area contributed by atoms with Gasteiger partial charge in [0.1, 0.15) is 0 Å². The zero-order valence-electron chi connectivity index (χ0n) is 7.50. The predicted molar refractivity (Wildman–Crippen MR) is 68.7 cm³/mol. The molecule has 14 heavy (non-hydrogen) atoms. The molecular weight excluding hydrogens is 255 g/mol. The van der Waals surface area contributed by atoms with Crippen molar-refractivity contribution < 1.29 is 0 Å². The molecule has 1 saturated heterocycles.